The summed E-state index contributed by atoms with van der Waals surface area (Å²) in [6.07, 6.45) is 1.03. The number of hydrogen-bond donors (Lipinski definition) is 0. The summed E-state index contributed by atoms with van der Waals surface area (Å²) >= 11 is 0. The van der Waals surface area contributed by atoms with Crippen LogP contribution >= 0.6 is 0 Å². The highest BCUT2D eigenvalue weighted by molar-refractivity contribution is 5.86. The van der Waals surface area contributed by atoms with Crippen LogP contribution < -0.4 is 0 Å². The second kappa shape index (κ2) is 13.8. The second-order valence-corrected chi connectivity index (χ2v) is 5.62. The van der Waals surface area contributed by atoms with Gasteiger partial charge in [-0.15, -0.1) is 0 Å². The summed E-state index contributed by atoms with van der Waals surface area (Å²) < 4.78 is 37.9. The molecule has 0 amide bonds. The monoisotopic (exact) mass is 402 g/mol. The van der Waals surface area contributed by atoms with Crippen molar-refractivity contribution >= 4 is 24.2 Å². The van der Waals surface area contributed by atoms with E-state index < -0.39 is 18.8 Å². The number of esters is 1. The number of benzene rings is 2. The SMILES string of the molecule is C=C(C)C(=O)OCC(F)(F)F.C=Cc1ccccc1.C=Cc1ccccc1C=C. The van der Waals surface area contributed by atoms with E-state index in [2.05, 4.69) is 31.1 Å². The average molecular weight is 402 g/mol. The van der Waals surface area contributed by atoms with Crippen molar-refractivity contribution < 1.29 is 22.7 Å². The highest BCUT2D eigenvalue weighted by Gasteiger charge is 2.29. The molecule has 2 nitrogen and oxygen atoms in total. The largest absolute Gasteiger partial charge is 0.453 e. The van der Waals surface area contributed by atoms with Gasteiger partial charge in [-0.25, -0.2) is 4.79 Å². The molecular formula is C24H25F3O2. The molecule has 2 rings (SSSR count). The lowest BCUT2D eigenvalue weighted by Crippen LogP contribution is -2.20. The molecular weight excluding hydrogens is 377 g/mol. The Labute approximate surface area is 170 Å². The Morgan fingerprint density at radius 2 is 1.34 bits per heavy atom. The van der Waals surface area contributed by atoms with Gasteiger partial charge in [0, 0.05) is 5.57 Å². The van der Waals surface area contributed by atoms with E-state index in [1.54, 1.807) is 0 Å². The Bertz CT molecular complexity index is 779. The quantitative estimate of drug-likeness (QED) is 0.399. The van der Waals surface area contributed by atoms with Gasteiger partial charge < -0.3 is 4.74 Å². The maximum Gasteiger partial charge on any atom is 0.422 e. The van der Waals surface area contributed by atoms with Crippen LogP contribution in [0.1, 0.15) is 23.6 Å². The molecule has 29 heavy (non-hydrogen) atoms. The van der Waals surface area contributed by atoms with Crippen LogP contribution in [0.4, 0.5) is 13.2 Å². The molecule has 2 aromatic carbocycles. The molecule has 0 bridgehead atoms. The molecule has 0 aliphatic heterocycles. The smallest absolute Gasteiger partial charge is 0.422 e. The summed E-state index contributed by atoms with van der Waals surface area (Å²) in [7, 11) is 0. The fourth-order valence-corrected chi connectivity index (χ4v) is 1.74. The van der Waals surface area contributed by atoms with Crippen molar-refractivity contribution in [2.45, 2.75) is 13.1 Å². The van der Waals surface area contributed by atoms with Gasteiger partial charge in [0.2, 0.25) is 0 Å². The van der Waals surface area contributed by atoms with Gasteiger partial charge in [-0.2, -0.15) is 13.2 Å². The fourth-order valence-electron chi connectivity index (χ4n) is 1.74. The minimum absolute atomic E-state index is 0.0470. The molecule has 0 atom stereocenters. The third kappa shape index (κ3) is 12.6. The summed E-state index contributed by atoms with van der Waals surface area (Å²) in [5.41, 5.74) is 3.40. The number of carbonyl (C=O) groups is 1. The maximum absolute atomic E-state index is 11.4. The van der Waals surface area contributed by atoms with Gasteiger partial charge in [0.05, 0.1) is 0 Å². The molecule has 0 fully saturated rings. The highest BCUT2D eigenvalue weighted by Crippen LogP contribution is 2.15. The van der Waals surface area contributed by atoms with Crippen LogP contribution in [0.5, 0.6) is 0 Å². The third-order valence-corrected chi connectivity index (χ3v) is 3.19. The molecule has 0 aromatic heterocycles. The normalized spacial score (nSPS) is 9.52. The Morgan fingerprint density at radius 1 is 0.897 bits per heavy atom. The summed E-state index contributed by atoms with van der Waals surface area (Å²) in [4.78, 5) is 10.4. The van der Waals surface area contributed by atoms with E-state index in [1.165, 1.54) is 12.5 Å². The first-order chi connectivity index (χ1) is 13.6. The Kier molecular flexibility index (Phi) is 12.2. The molecule has 154 valence electrons. The molecule has 0 saturated heterocycles. The lowest BCUT2D eigenvalue weighted by Gasteiger charge is -2.06. The maximum atomic E-state index is 11.4. The van der Waals surface area contributed by atoms with Gasteiger partial charge in [-0.1, -0.05) is 99.1 Å². The van der Waals surface area contributed by atoms with E-state index >= 15 is 0 Å². The van der Waals surface area contributed by atoms with Gasteiger partial charge in [0.1, 0.15) is 0 Å². The first-order valence-corrected chi connectivity index (χ1v) is 8.55. The van der Waals surface area contributed by atoms with Crippen molar-refractivity contribution in [2.75, 3.05) is 6.61 Å². The lowest BCUT2D eigenvalue weighted by molar-refractivity contribution is -0.183. The van der Waals surface area contributed by atoms with Crippen molar-refractivity contribution in [1.82, 2.24) is 0 Å². The number of rotatable bonds is 5. The fraction of sp³-hybridized carbons (Fsp3) is 0.125. The Morgan fingerprint density at radius 3 is 1.66 bits per heavy atom. The van der Waals surface area contributed by atoms with E-state index in [0.717, 1.165) is 11.1 Å². The zero-order valence-electron chi connectivity index (χ0n) is 16.4. The molecule has 0 aliphatic rings. The first-order valence-electron chi connectivity index (χ1n) is 8.55. The van der Waals surface area contributed by atoms with E-state index in [4.69, 9.17) is 0 Å². The van der Waals surface area contributed by atoms with Gasteiger partial charge in [-0.05, 0) is 23.6 Å². The third-order valence-electron chi connectivity index (χ3n) is 3.19. The van der Waals surface area contributed by atoms with E-state index in [-0.39, 0.29) is 5.57 Å². The number of carbonyl (C=O) groups excluding carboxylic acids is 1. The first kappa shape index (κ1) is 25.7. The number of halogens is 3. The molecule has 0 N–H and O–H groups in total. The summed E-state index contributed by atoms with van der Waals surface area (Å²) in [5, 5.41) is 0. The Hall–Kier alpha value is -3.34. The van der Waals surface area contributed by atoms with Gasteiger partial charge in [0.15, 0.2) is 6.61 Å². The van der Waals surface area contributed by atoms with Crippen LogP contribution in [-0.2, 0) is 9.53 Å². The van der Waals surface area contributed by atoms with Crippen molar-refractivity contribution in [3.8, 4) is 0 Å². The molecule has 2 aromatic rings. The predicted molar refractivity (Wildman–Crippen MR) is 115 cm³/mol. The highest BCUT2D eigenvalue weighted by atomic mass is 19.4. The van der Waals surface area contributed by atoms with Crippen molar-refractivity contribution in [2.24, 2.45) is 0 Å². The number of ether oxygens (including phenoxy) is 1. The average Bonchev–Trinajstić information content (AvgIpc) is 2.72. The zero-order chi connectivity index (χ0) is 22.3. The van der Waals surface area contributed by atoms with Gasteiger partial charge >= 0.3 is 12.1 Å². The summed E-state index contributed by atoms with van der Waals surface area (Å²) in [5.74, 6) is -1.03. The predicted octanol–water partition coefficient (Wildman–Crippen LogP) is 6.97. The second-order valence-electron chi connectivity index (χ2n) is 5.62. The van der Waals surface area contributed by atoms with Gasteiger partial charge in [0.25, 0.3) is 0 Å². The van der Waals surface area contributed by atoms with Crippen LogP contribution in [0.2, 0.25) is 0 Å². The number of hydrogen-bond acceptors (Lipinski definition) is 2. The van der Waals surface area contributed by atoms with E-state index in [0.29, 0.717) is 0 Å². The Balaban J connectivity index is 0.000000410. The molecule has 0 heterocycles. The molecule has 0 radical (unpaired) electrons. The minimum atomic E-state index is -4.47. The molecule has 0 spiro atoms. The standard InChI is InChI=1S/C10H10.C8H8.C6H7F3O2/c1-3-9-7-5-6-8-10(9)4-2;1-2-8-6-4-3-5-7-8;1-4(2)5(10)11-3-6(7,8)9/h3-8H,1-2H2;2-7H,1H2;1,3H2,2H3. The molecule has 0 unspecified atom stereocenters. The molecule has 5 heteroatoms. The van der Waals surface area contributed by atoms with Crippen LogP contribution in [-0.4, -0.2) is 18.8 Å². The molecule has 0 saturated carbocycles. The van der Waals surface area contributed by atoms with E-state index in [9.17, 15) is 18.0 Å². The van der Waals surface area contributed by atoms with Crippen LogP contribution in [0, 0.1) is 0 Å². The lowest BCUT2D eigenvalue weighted by atomic mass is 10.1. The minimum Gasteiger partial charge on any atom is -0.453 e. The number of alkyl halides is 3. The zero-order valence-corrected chi connectivity index (χ0v) is 16.4. The topological polar surface area (TPSA) is 26.3 Å². The van der Waals surface area contributed by atoms with Crippen LogP contribution in [0.25, 0.3) is 18.2 Å². The summed E-state index contributed by atoms with van der Waals surface area (Å²) in [6, 6.07) is 18.0. The van der Waals surface area contributed by atoms with E-state index in [1.807, 2.05) is 72.8 Å². The van der Waals surface area contributed by atoms with Crippen molar-refractivity contribution in [3.05, 3.63) is 103 Å². The van der Waals surface area contributed by atoms with Crippen LogP contribution in [0.3, 0.4) is 0 Å². The summed E-state index contributed by atoms with van der Waals surface area (Å²) in [6.45, 7) is 13.8. The van der Waals surface area contributed by atoms with Gasteiger partial charge in [-0.3, -0.25) is 0 Å². The van der Waals surface area contributed by atoms with Crippen LogP contribution in [0.15, 0.2) is 86.5 Å². The van der Waals surface area contributed by atoms with Crippen molar-refractivity contribution in [3.63, 3.8) is 0 Å². The molecule has 0 aliphatic carbocycles. The van der Waals surface area contributed by atoms with Crippen molar-refractivity contribution in [1.29, 1.82) is 0 Å².